The van der Waals surface area contributed by atoms with Gasteiger partial charge in [-0.1, -0.05) is 0 Å². The van der Waals surface area contributed by atoms with Crippen LogP contribution in [0.5, 0.6) is 0 Å². The Morgan fingerprint density at radius 1 is 1.56 bits per heavy atom. The highest BCUT2D eigenvalue weighted by molar-refractivity contribution is 5.71. The van der Waals surface area contributed by atoms with Gasteiger partial charge in [-0.2, -0.15) is 0 Å². The normalized spacial score (nSPS) is 24.3. The molecular formula is C11H18N2O5. The van der Waals surface area contributed by atoms with Gasteiger partial charge >= 0.3 is 12.2 Å². The van der Waals surface area contributed by atoms with E-state index in [4.69, 9.17) is 9.47 Å². The van der Waals surface area contributed by atoms with Crippen molar-refractivity contribution in [2.24, 2.45) is 5.92 Å². The third-order valence-corrected chi connectivity index (χ3v) is 2.27. The summed E-state index contributed by atoms with van der Waals surface area (Å²) < 4.78 is 9.87. The number of alkyl carbamates (subject to hydrolysis) is 2. The van der Waals surface area contributed by atoms with Crippen molar-refractivity contribution < 1.29 is 23.9 Å². The molecule has 7 heteroatoms. The maximum atomic E-state index is 11.6. The third kappa shape index (κ3) is 4.60. The van der Waals surface area contributed by atoms with Gasteiger partial charge in [0.25, 0.3) is 0 Å². The van der Waals surface area contributed by atoms with Crippen molar-refractivity contribution in [3.63, 3.8) is 0 Å². The zero-order valence-electron chi connectivity index (χ0n) is 10.7. The molecule has 102 valence electrons. The van der Waals surface area contributed by atoms with Crippen molar-refractivity contribution in [2.75, 3.05) is 13.2 Å². The molecule has 0 bridgehead atoms. The summed E-state index contributed by atoms with van der Waals surface area (Å²) >= 11 is 0. The van der Waals surface area contributed by atoms with Crippen molar-refractivity contribution in [3.05, 3.63) is 0 Å². The van der Waals surface area contributed by atoms with Crippen LogP contribution in [0.3, 0.4) is 0 Å². The van der Waals surface area contributed by atoms with Gasteiger partial charge in [-0.15, -0.1) is 0 Å². The summed E-state index contributed by atoms with van der Waals surface area (Å²) in [5.41, 5.74) is -0.625. The molecule has 7 nitrogen and oxygen atoms in total. The third-order valence-electron chi connectivity index (χ3n) is 2.27. The molecule has 1 heterocycles. The molecule has 1 rings (SSSR count). The fourth-order valence-electron chi connectivity index (χ4n) is 1.43. The number of aldehydes is 1. The molecule has 2 atom stereocenters. The van der Waals surface area contributed by atoms with Crippen LogP contribution in [0.1, 0.15) is 20.8 Å². The van der Waals surface area contributed by atoms with E-state index in [1.165, 1.54) is 0 Å². The Labute approximate surface area is 105 Å². The number of hydrogen-bond acceptors (Lipinski definition) is 5. The van der Waals surface area contributed by atoms with Gasteiger partial charge in [0, 0.05) is 6.54 Å². The average molecular weight is 258 g/mol. The van der Waals surface area contributed by atoms with Crippen molar-refractivity contribution in [1.29, 1.82) is 0 Å². The average Bonchev–Trinajstić information content (AvgIpc) is 2.39. The second kappa shape index (κ2) is 5.70. The summed E-state index contributed by atoms with van der Waals surface area (Å²) in [6.45, 7) is 5.27. The SMILES string of the molecule is CC(C)(C)OC(=O)N[C@@H]1COC(=O)NC[C@H]1C=O. The highest BCUT2D eigenvalue weighted by atomic mass is 16.6. The predicted octanol–water partition coefficient (Wildman–Crippen LogP) is 0.435. The van der Waals surface area contributed by atoms with Gasteiger partial charge in [-0.3, -0.25) is 0 Å². The molecule has 0 aromatic heterocycles. The van der Waals surface area contributed by atoms with E-state index in [1.807, 2.05) is 0 Å². The van der Waals surface area contributed by atoms with Crippen LogP contribution in [-0.4, -0.2) is 43.3 Å². The highest BCUT2D eigenvalue weighted by Gasteiger charge is 2.29. The minimum absolute atomic E-state index is 0.0610. The first-order chi connectivity index (χ1) is 8.31. The Balaban J connectivity index is 2.59. The van der Waals surface area contributed by atoms with E-state index < -0.39 is 29.7 Å². The molecule has 0 aromatic carbocycles. The predicted molar refractivity (Wildman–Crippen MR) is 62.1 cm³/mol. The summed E-state index contributed by atoms with van der Waals surface area (Å²) in [7, 11) is 0. The monoisotopic (exact) mass is 258 g/mol. The number of hydrogen-bond donors (Lipinski definition) is 2. The largest absolute Gasteiger partial charge is 0.447 e. The van der Waals surface area contributed by atoms with Crippen molar-refractivity contribution in [3.8, 4) is 0 Å². The Morgan fingerprint density at radius 2 is 2.22 bits per heavy atom. The molecule has 1 saturated heterocycles. The molecule has 18 heavy (non-hydrogen) atoms. The summed E-state index contributed by atoms with van der Waals surface area (Å²) in [5, 5.41) is 4.94. The van der Waals surface area contributed by atoms with Crippen LogP contribution in [0.2, 0.25) is 0 Å². The molecule has 0 unspecified atom stereocenters. The topological polar surface area (TPSA) is 93.7 Å². The molecular weight excluding hydrogens is 240 g/mol. The van der Waals surface area contributed by atoms with Gasteiger partial charge in [0.05, 0.1) is 12.0 Å². The van der Waals surface area contributed by atoms with E-state index in [2.05, 4.69) is 10.6 Å². The number of ether oxygens (including phenoxy) is 2. The molecule has 0 aliphatic carbocycles. The van der Waals surface area contributed by atoms with E-state index in [1.54, 1.807) is 20.8 Å². The smallest absolute Gasteiger partial charge is 0.408 e. The van der Waals surface area contributed by atoms with E-state index in [0.29, 0.717) is 6.29 Å². The molecule has 0 saturated carbocycles. The van der Waals surface area contributed by atoms with E-state index in [9.17, 15) is 14.4 Å². The van der Waals surface area contributed by atoms with Crippen LogP contribution in [0, 0.1) is 5.92 Å². The summed E-state index contributed by atoms with van der Waals surface area (Å²) in [5.74, 6) is -0.538. The summed E-state index contributed by atoms with van der Waals surface area (Å²) in [6, 6.07) is -0.587. The van der Waals surface area contributed by atoms with Gasteiger partial charge in [-0.05, 0) is 20.8 Å². The quantitative estimate of drug-likeness (QED) is 0.701. The highest BCUT2D eigenvalue weighted by Crippen LogP contribution is 2.09. The molecule has 1 fully saturated rings. The fraction of sp³-hybridized carbons (Fsp3) is 0.727. The lowest BCUT2D eigenvalue weighted by Crippen LogP contribution is -2.46. The molecule has 1 aliphatic heterocycles. The van der Waals surface area contributed by atoms with Gasteiger partial charge in [0.15, 0.2) is 0 Å². The van der Waals surface area contributed by atoms with Crippen LogP contribution >= 0.6 is 0 Å². The first-order valence-electron chi connectivity index (χ1n) is 5.67. The lowest BCUT2D eigenvalue weighted by Gasteiger charge is -2.24. The van der Waals surface area contributed by atoms with Crippen molar-refractivity contribution >= 4 is 18.5 Å². The maximum Gasteiger partial charge on any atom is 0.408 e. The number of cyclic esters (lactones) is 1. The second-order valence-electron chi connectivity index (χ2n) is 5.03. The van der Waals surface area contributed by atoms with Crippen LogP contribution in [0.25, 0.3) is 0 Å². The van der Waals surface area contributed by atoms with Gasteiger partial charge in [0.2, 0.25) is 0 Å². The van der Waals surface area contributed by atoms with Crippen LogP contribution in [0.4, 0.5) is 9.59 Å². The number of rotatable bonds is 2. The number of carbonyl (C=O) groups excluding carboxylic acids is 3. The van der Waals surface area contributed by atoms with Gasteiger partial charge in [-0.25, -0.2) is 9.59 Å². The zero-order valence-corrected chi connectivity index (χ0v) is 10.7. The first kappa shape index (κ1) is 14.3. The lowest BCUT2D eigenvalue weighted by molar-refractivity contribution is -0.111. The second-order valence-corrected chi connectivity index (χ2v) is 5.03. The molecule has 2 N–H and O–H groups in total. The molecule has 0 radical (unpaired) electrons. The van der Waals surface area contributed by atoms with E-state index in [-0.39, 0.29) is 13.2 Å². The minimum atomic E-state index is -0.641. The zero-order chi connectivity index (χ0) is 13.8. The standard InChI is InChI=1S/C11H18N2O5/c1-11(2,3)18-10(16)13-8-6-17-9(15)12-4-7(8)5-14/h5,7-8H,4,6H2,1-3H3,(H,12,15)(H,13,16)/t7-,8+/m0/s1. The Morgan fingerprint density at radius 3 is 2.78 bits per heavy atom. The minimum Gasteiger partial charge on any atom is -0.447 e. The number of amides is 2. The van der Waals surface area contributed by atoms with E-state index in [0.717, 1.165) is 0 Å². The molecule has 1 aliphatic rings. The number of nitrogens with one attached hydrogen (secondary N) is 2. The van der Waals surface area contributed by atoms with Crippen LogP contribution in [-0.2, 0) is 14.3 Å². The summed E-state index contributed by atoms with van der Waals surface area (Å²) in [4.78, 5) is 33.5. The number of carbonyl (C=O) groups is 3. The Hall–Kier alpha value is -1.79. The van der Waals surface area contributed by atoms with Gasteiger partial charge < -0.3 is 24.9 Å². The van der Waals surface area contributed by atoms with Crippen molar-refractivity contribution in [1.82, 2.24) is 10.6 Å². The van der Waals surface area contributed by atoms with Crippen LogP contribution < -0.4 is 10.6 Å². The lowest BCUT2D eigenvalue weighted by atomic mass is 10.0. The fourth-order valence-corrected chi connectivity index (χ4v) is 1.43. The Kier molecular flexibility index (Phi) is 4.52. The Bertz CT molecular complexity index is 337. The van der Waals surface area contributed by atoms with Crippen LogP contribution in [0.15, 0.2) is 0 Å². The van der Waals surface area contributed by atoms with E-state index >= 15 is 0 Å². The molecule has 0 spiro atoms. The molecule has 2 amide bonds. The molecule has 0 aromatic rings. The summed E-state index contributed by atoms with van der Waals surface area (Å²) in [6.07, 6.45) is -0.565. The first-order valence-corrected chi connectivity index (χ1v) is 5.67. The van der Waals surface area contributed by atoms with Crippen molar-refractivity contribution in [2.45, 2.75) is 32.4 Å². The van der Waals surface area contributed by atoms with Gasteiger partial charge in [0.1, 0.15) is 18.5 Å². The maximum absolute atomic E-state index is 11.6.